The number of fused-ring (bicyclic) bond motifs is 1. The van der Waals surface area contributed by atoms with E-state index in [4.69, 9.17) is 4.74 Å². The third-order valence-corrected chi connectivity index (χ3v) is 7.28. The zero-order valence-electron chi connectivity index (χ0n) is 14.3. The van der Waals surface area contributed by atoms with Crippen LogP contribution < -0.4 is 0 Å². The summed E-state index contributed by atoms with van der Waals surface area (Å²) in [5.74, 6) is -1.63. The van der Waals surface area contributed by atoms with Crippen LogP contribution in [0.3, 0.4) is 0 Å². The van der Waals surface area contributed by atoms with Crippen LogP contribution in [-0.4, -0.2) is 55.9 Å². The lowest BCUT2D eigenvalue weighted by Crippen LogP contribution is -2.44. The van der Waals surface area contributed by atoms with Crippen LogP contribution in [0.5, 0.6) is 0 Å². The number of nitrogens with zero attached hydrogens (tertiary/aromatic N) is 1. The molecule has 2 aromatic rings. The van der Waals surface area contributed by atoms with Gasteiger partial charge in [-0.15, -0.1) is 11.3 Å². The van der Waals surface area contributed by atoms with Crippen LogP contribution in [0.1, 0.15) is 23.0 Å². The van der Waals surface area contributed by atoms with E-state index in [1.165, 1.54) is 31.0 Å². The third-order valence-electron chi connectivity index (χ3n) is 4.44. The number of esters is 1. The molecule has 1 aromatic carbocycles. The SMILES string of the molecule is C[C@H](OC(=O)c1cc2c(F)cccc2s1)C(=O)N(C)[C@H]1CCS(=O)(=O)C1. The number of sulfone groups is 1. The summed E-state index contributed by atoms with van der Waals surface area (Å²) in [7, 11) is -1.61. The molecular formula is C17H18FNO5S2. The standard InChI is InChI=1S/C17H18FNO5S2/c1-10(16(20)19(2)11-6-7-26(22,23)9-11)24-17(21)15-8-12-13(18)4-3-5-14(12)25-15/h3-5,8,10-11H,6-7,9H2,1-2H3/t10-,11-/m0/s1. The molecule has 6 nitrogen and oxygen atoms in total. The topological polar surface area (TPSA) is 80.8 Å². The van der Waals surface area contributed by atoms with Crippen LogP contribution in [0, 0.1) is 5.82 Å². The van der Waals surface area contributed by atoms with Gasteiger partial charge in [-0.3, -0.25) is 4.79 Å². The lowest BCUT2D eigenvalue weighted by molar-refractivity contribution is -0.140. The Balaban J connectivity index is 1.68. The summed E-state index contributed by atoms with van der Waals surface area (Å²) < 4.78 is 42.7. The van der Waals surface area contributed by atoms with Gasteiger partial charge in [-0.05, 0) is 31.5 Å². The molecule has 1 aliphatic heterocycles. The van der Waals surface area contributed by atoms with Crippen molar-refractivity contribution in [1.29, 1.82) is 0 Å². The number of rotatable bonds is 4. The largest absolute Gasteiger partial charge is 0.448 e. The number of carbonyl (C=O) groups excluding carboxylic acids is 2. The zero-order valence-corrected chi connectivity index (χ0v) is 15.9. The molecule has 26 heavy (non-hydrogen) atoms. The summed E-state index contributed by atoms with van der Waals surface area (Å²) in [6.07, 6.45) is -0.688. The van der Waals surface area contributed by atoms with E-state index in [1.54, 1.807) is 12.1 Å². The maximum absolute atomic E-state index is 13.7. The quantitative estimate of drug-likeness (QED) is 0.737. The number of likely N-dealkylation sites (N-methyl/N-ethyl adjacent to an activating group) is 1. The maximum Gasteiger partial charge on any atom is 0.349 e. The second-order valence-electron chi connectivity index (χ2n) is 6.32. The van der Waals surface area contributed by atoms with E-state index < -0.39 is 39.7 Å². The van der Waals surface area contributed by atoms with Gasteiger partial charge in [-0.25, -0.2) is 17.6 Å². The molecule has 0 N–H and O–H groups in total. The minimum absolute atomic E-state index is 0.0524. The molecule has 0 bridgehead atoms. The molecular weight excluding hydrogens is 381 g/mol. The molecule has 1 amide bonds. The summed E-state index contributed by atoms with van der Waals surface area (Å²) >= 11 is 1.09. The lowest BCUT2D eigenvalue weighted by Gasteiger charge is -2.26. The molecule has 140 valence electrons. The second-order valence-corrected chi connectivity index (χ2v) is 9.63. The molecule has 0 unspecified atom stereocenters. The Hall–Kier alpha value is -2.00. The fourth-order valence-corrected chi connectivity index (χ4v) is 5.68. The first-order valence-electron chi connectivity index (χ1n) is 8.04. The molecule has 1 fully saturated rings. The van der Waals surface area contributed by atoms with Crippen molar-refractivity contribution in [3.05, 3.63) is 35.0 Å². The molecule has 1 aliphatic rings. The Bertz CT molecular complexity index is 969. The van der Waals surface area contributed by atoms with Crippen molar-refractivity contribution in [3.63, 3.8) is 0 Å². The monoisotopic (exact) mass is 399 g/mol. The third kappa shape index (κ3) is 3.73. The van der Waals surface area contributed by atoms with Crippen LogP contribution in [0.2, 0.25) is 0 Å². The van der Waals surface area contributed by atoms with Crippen molar-refractivity contribution in [1.82, 2.24) is 4.90 Å². The first-order valence-corrected chi connectivity index (χ1v) is 10.7. The number of hydrogen-bond acceptors (Lipinski definition) is 6. The van der Waals surface area contributed by atoms with E-state index in [9.17, 15) is 22.4 Å². The van der Waals surface area contributed by atoms with Crippen LogP contribution in [0.15, 0.2) is 24.3 Å². The number of benzene rings is 1. The number of amides is 1. The van der Waals surface area contributed by atoms with Gasteiger partial charge >= 0.3 is 5.97 Å². The second kappa shape index (κ2) is 6.96. The van der Waals surface area contributed by atoms with Gasteiger partial charge in [0.25, 0.3) is 5.91 Å². The Morgan fingerprint density at radius 3 is 2.73 bits per heavy atom. The molecule has 0 saturated carbocycles. The molecule has 2 heterocycles. The van der Waals surface area contributed by atoms with E-state index in [-0.39, 0.29) is 16.4 Å². The number of hydrogen-bond donors (Lipinski definition) is 0. The predicted octanol–water partition coefficient (Wildman–Crippen LogP) is 2.23. The number of thiophene rings is 1. The minimum atomic E-state index is -3.12. The van der Waals surface area contributed by atoms with Gasteiger partial charge in [0.05, 0.1) is 11.5 Å². The highest BCUT2D eigenvalue weighted by Gasteiger charge is 2.35. The normalized spacial score (nSPS) is 20.0. The summed E-state index contributed by atoms with van der Waals surface area (Å²) in [6, 6.07) is 5.55. The van der Waals surface area contributed by atoms with Gasteiger partial charge < -0.3 is 9.64 Å². The molecule has 2 atom stereocenters. The van der Waals surface area contributed by atoms with Crippen molar-refractivity contribution in [2.75, 3.05) is 18.6 Å². The molecule has 3 rings (SSSR count). The van der Waals surface area contributed by atoms with Crippen LogP contribution in [-0.2, 0) is 19.4 Å². The Morgan fingerprint density at radius 1 is 1.38 bits per heavy atom. The zero-order chi connectivity index (χ0) is 19.1. The van der Waals surface area contributed by atoms with E-state index in [2.05, 4.69) is 0 Å². The summed E-state index contributed by atoms with van der Waals surface area (Å²) in [5.41, 5.74) is 0. The van der Waals surface area contributed by atoms with Gasteiger partial charge in [-0.1, -0.05) is 6.07 Å². The number of carbonyl (C=O) groups is 2. The highest BCUT2D eigenvalue weighted by molar-refractivity contribution is 7.91. The number of halogens is 1. The van der Waals surface area contributed by atoms with Crippen molar-refractivity contribution in [2.45, 2.75) is 25.5 Å². The van der Waals surface area contributed by atoms with Gasteiger partial charge in [0.1, 0.15) is 10.7 Å². The molecule has 0 aliphatic carbocycles. The smallest absolute Gasteiger partial charge is 0.349 e. The Labute approximate surface area is 154 Å². The highest BCUT2D eigenvalue weighted by Crippen LogP contribution is 2.28. The molecule has 1 aromatic heterocycles. The summed E-state index contributed by atoms with van der Waals surface area (Å²) in [5, 5.41) is 0.330. The van der Waals surface area contributed by atoms with Gasteiger partial charge in [0, 0.05) is 23.2 Å². The van der Waals surface area contributed by atoms with Crippen LogP contribution >= 0.6 is 11.3 Å². The van der Waals surface area contributed by atoms with Gasteiger partial charge in [-0.2, -0.15) is 0 Å². The van der Waals surface area contributed by atoms with E-state index in [0.717, 1.165) is 11.3 Å². The molecule has 0 radical (unpaired) electrons. The van der Waals surface area contributed by atoms with E-state index in [0.29, 0.717) is 16.5 Å². The van der Waals surface area contributed by atoms with Crippen molar-refractivity contribution in [3.8, 4) is 0 Å². The highest BCUT2D eigenvalue weighted by atomic mass is 32.2. The number of ether oxygens (including phenoxy) is 1. The van der Waals surface area contributed by atoms with Crippen LogP contribution in [0.4, 0.5) is 4.39 Å². The predicted molar refractivity (Wildman–Crippen MR) is 96.5 cm³/mol. The van der Waals surface area contributed by atoms with E-state index in [1.807, 2.05) is 0 Å². The first-order chi connectivity index (χ1) is 12.2. The minimum Gasteiger partial charge on any atom is -0.448 e. The fraction of sp³-hybridized carbons (Fsp3) is 0.412. The summed E-state index contributed by atoms with van der Waals surface area (Å²) in [4.78, 5) is 26.2. The Kier molecular flexibility index (Phi) is 5.03. The van der Waals surface area contributed by atoms with Crippen LogP contribution in [0.25, 0.3) is 10.1 Å². The first kappa shape index (κ1) is 18.8. The van der Waals surface area contributed by atoms with Gasteiger partial charge in [0.15, 0.2) is 15.9 Å². The maximum atomic E-state index is 13.7. The molecule has 9 heteroatoms. The lowest BCUT2D eigenvalue weighted by atomic mass is 10.2. The fourth-order valence-electron chi connectivity index (χ4n) is 2.94. The van der Waals surface area contributed by atoms with Crippen molar-refractivity contribution >= 4 is 43.1 Å². The molecule has 0 spiro atoms. The van der Waals surface area contributed by atoms with Crippen molar-refractivity contribution in [2.24, 2.45) is 0 Å². The average molecular weight is 399 g/mol. The van der Waals surface area contributed by atoms with Gasteiger partial charge in [0.2, 0.25) is 0 Å². The Morgan fingerprint density at radius 2 is 2.12 bits per heavy atom. The van der Waals surface area contributed by atoms with Crippen molar-refractivity contribution < 1.29 is 27.1 Å². The van der Waals surface area contributed by atoms with E-state index >= 15 is 0 Å². The summed E-state index contributed by atoms with van der Waals surface area (Å²) in [6.45, 7) is 1.44. The molecule has 1 saturated heterocycles. The average Bonchev–Trinajstić information content (AvgIpc) is 3.17.